The number of rotatable bonds is 5. The lowest BCUT2D eigenvalue weighted by Gasteiger charge is -2.24. The summed E-state index contributed by atoms with van der Waals surface area (Å²) in [6.45, 7) is 2.44. The van der Waals surface area contributed by atoms with E-state index in [1.165, 1.54) is 12.1 Å². The van der Waals surface area contributed by atoms with Gasteiger partial charge in [-0.1, -0.05) is 25.0 Å². The third-order valence-electron chi connectivity index (χ3n) is 2.88. The first-order chi connectivity index (χ1) is 9.24. The second kappa shape index (κ2) is 6.63. The highest BCUT2D eigenvalue weighted by molar-refractivity contribution is 5.99. The first kappa shape index (κ1) is 16.3. The van der Waals surface area contributed by atoms with Crippen LogP contribution >= 0.6 is 0 Å². The number of halogens is 3. The fraction of sp³-hybridized carbons (Fsp3) is 0.500. The van der Waals surface area contributed by atoms with Gasteiger partial charge in [0.2, 0.25) is 0 Å². The quantitative estimate of drug-likeness (QED) is 0.844. The lowest BCUT2D eigenvalue weighted by Crippen LogP contribution is -2.39. The average molecular weight is 288 g/mol. The zero-order valence-corrected chi connectivity index (χ0v) is 11.6. The maximum Gasteiger partial charge on any atom is 0.406 e. The molecule has 20 heavy (non-hydrogen) atoms. The van der Waals surface area contributed by atoms with Gasteiger partial charge in [0, 0.05) is 12.2 Å². The molecule has 0 saturated carbocycles. The summed E-state index contributed by atoms with van der Waals surface area (Å²) in [6.07, 6.45) is -3.18. The van der Waals surface area contributed by atoms with Crippen molar-refractivity contribution in [3.05, 3.63) is 29.3 Å². The first-order valence-corrected chi connectivity index (χ1v) is 6.46. The molecule has 0 radical (unpaired) electrons. The number of anilines is 1. The molecule has 112 valence electrons. The van der Waals surface area contributed by atoms with Crippen LogP contribution in [0.3, 0.4) is 0 Å². The van der Waals surface area contributed by atoms with Gasteiger partial charge in [-0.3, -0.25) is 4.79 Å². The molecule has 0 unspecified atom stereocenters. The molecule has 0 heterocycles. The smallest absolute Gasteiger partial charge is 0.398 e. The number of nitrogen functional groups attached to an aromatic ring is 1. The fourth-order valence-corrected chi connectivity index (χ4v) is 1.84. The van der Waals surface area contributed by atoms with Crippen LogP contribution in [0, 0.1) is 6.92 Å². The van der Waals surface area contributed by atoms with E-state index in [9.17, 15) is 18.0 Å². The number of carbonyl (C=O) groups is 1. The van der Waals surface area contributed by atoms with Crippen molar-refractivity contribution < 1.29 is 18.0 Å². The topological polar surface area (TPSA) is 46.3 Å². The summed E-state index contributed by atoms with van der Waals surface area (Å²) in [6, 6.07) is 4.77. The second-order valence-electron chi connectivity index (χ2n) is 4.79. The molecule has 3 nitrogen and oxygen atoms in total. The van der Waals surface area contributed by atoms with Crippen LogP contribution in [0.5, 0.6) is 0 Å². The molecule has 0 spiro atoms. The van der Waals surface area contributed by atoms with Crippen molar-refractivity contribution in [1.29, 1.82) is 0 Å². The molecular formula is C14H19F3N2O. The molecule has 6 heteroatoms. The van der Waals surface area contributed by atoms with Gasteiger partial charge in [-0.25, -0.2) is 0 Å². The van der Waals surface area contributed by atoms with Crippen LogP contribution in [0.1, 0.15) is 35.7 Å². The minimum Gasteiger partial charge on any atom is -0.398 e. The molecule has 0 bridgehead atoms. The van der Waals surface area contributed by atoms with Gasteiger partial charge in [-0.05, 0) is 25.5 Å². The maximum absolute atomic E-state index is 12.6. The normalized spacial score (nSPS) is 11.4. The van der Waals surface area contributed by atoms with Gasteiger partial charge in [0.15, 0.2) is 0 Å². The number of aryl methyl sites for hydroxylation is 1. The number of benzene rings is 1. The number of nitrogens with two attached hydrogens (primary N) is 1. The van der Waals surface area contributed by atoms with E-state index < -0.39 is 18.6 Å². The SMILES string of the molecule is CCCCN(CC(F)(F)F)C(=O)c1cc(C)ccc1N. The number of carbonyl (C=O) groups excluding carboxylic acids is 1. The lowest BCUT2D eigenvalue weighted by molar-refractivity contribution is -0.140. The second-order valence-corrected chi connectivity index (χ2v) is 4.79. The Morgan fingerprint density at radius 3 is 2.55 bits per heavy atom. The van der Waals surface area contributed by atoms with E-state index in [4.69, 9.17) is 5.73 Å². The highest BCUT2D eigenvalue weighted by atomic mass is 19.4. The molecule has 0 aliphatic rings. The van der Waals surface area contributed by atoms with Crippen molar-refractivity contribution in [1.82, 2.24) is 4.90 Å². The molecule has 0 atom stereocenters. The van der Waals surface area contributed by atoms with E-state index >= 15 is 0 Å². The largest absolute Gasteiger partial charge is 0.406 e. The summed E-state index contributed by atoms with van der Waals surface area (Å²) in [5.41, 5.74) is 6.80. The monoisotopic (exact) mass is 288 g/mol. The molecular weight excluding hydrogens is 269 g/mol. The molecule has 1 aromatic rings. The number of hydrogen-bond acceptors (Lipinski definition) is 2. The average Bonchev–Trinajstić information content (AvgIpc) is 2.35. The summed E-state index contributed by atoms with van der Waals surface area (Å²) < 4.78 is 37.7. The number of alkyl halides is 3. The summed E-state index contributed by atoms with van der Waals surface area (Å²) in [4.78, 5) is 13.1. The molecule has 0 aliphatic heterocycles. The van der Waals surface area contributed by atoms with E-state index in [1.807, 2.05) is 6.92 Å². The zero-order chi connectivity index (χ0) is 15.3. The van der Waals surface area contributed by atoms with Gasteiger partial charge in [0.25, 0.3) is 5.91 Å². The minimum absolute atomic E-state index is 0.0717. The van der Waals surface area contributed by atoms with Crippen molar-refractivity contribution in [3.8, 4) is 0 Å². The predicted molar refractivity (Wildman–Crippen MR) is 72.5 cm³/mol. The molecule has 0 aliphatic carbocycles. The first-order valence-electron chi connectivity index (χ1n) is 6.46. The van der Waals surface area contributed by atoms with Crippen molar-refractivity contribution in [2.24, 2.45) is 0 Å². The molecule has 0 saturated heterocycles. The molecule has 0 aromatic heterocycles. The van der Waals surface area contributed by atoms with Crippen LogP contribution < -0.4 is 5.73 Å². The Morgan fingerprint density at radius 1 is 1.35 bits per heavy atom. The third-order valence-corrected chi connectivity index (χ3v) is 2.88. The third kappa shape index (κ3) is 4.75. The van der Waals surface area contributed by atoms with Gasteiger partial charge < -0.3 is 10.6 Å². The summed E-state index contributed by atoms with van der Waals surface area (Å²) in [7, 11) is 0. The summed E-state index contributed by atoms with van der Waals surface area (Å²) in [5, 5.41) is 0. The maximum atomic E-state index is 12.6. The summed E-state index contributed by atoms with van der Waals surface area (Å²) in [5.74, 6) is -0.669. The number of nitrogens with zero attached hydrogens (tertiary/aromatic N) is 1. The van der Waals surface area contributed by atoms with Gasteiger partial charge >= 0.3 is 6.18 Å². The standard InChI is InChI=1S/C14H19F3N2O/c1-3-4-7-19(9-14(15,16)17)13(20)11-8-10(2)5-6-12(11)18/h5-6,8H,3-4,7,9,18H2,1-2H3. The van der Waals surface area contributed by atoms with Crippen molar-refractivity contribution in [2.45, 2.75) is 32.9 Å². The minimum atomic E-state index is -4.41. The number of unbranched alkanes of at least 4 members (excludes halogenated alkanes) is 1. The van der Waals surface area contributed by atoms with Crippen LogP contribution in [0.2, 0.25) is 0 Å². The van der Waals surface area contributed by atoms with E-state index in [0.717, 1.165) is 10.5 Å². The highest BCUT2D eigenvalue weighted by Gasteiger charge is 2.33. The Labute approximate surface area is 116 Å². The molecule has 0 fully saturated rings. The molecule has 2 N–H and O–H groups in total. The van der Waals surface area contributed by atoms with E-state index in [1.54, 1.807) is 13.0 Å². The van der Waals surface area contributed by atoms with E-state index in [0.29, 0.717) is 12.8 Å². The summed E-state index contributed by atoms with van der Waals surface area (Å²) >= 11 is 0. The van der Waals surface area contributed by atoms with Crippen molar-refractivity contribution in [3.63, 3.8) is 0 Å². The Kier molecular flexibility index (Phi) is 5.42. The molecule has 1 amide bonds. The predicted octanol–water partition coefficient (Wildman–Crippen LogP) is 3.38. The van der Waals surface area contributed by atoms with Crippen LogP contribution in [0.15, 0.2) is 18.2 Å². The zero-order valence-electron chi connectivity index (χ0n) is 11.6. The Bertz CT molecular complexity index is 472. The fourth-order valence-electron chi connectivity index (χ4n) is 1.84. The molecule has 1 aromatic carbocycles. The lowest BCUT2D eigenvalue weighted by atomic mass is 10.1. The van der Waals surface area contributed by atoms with Crippen LogP contribution in [-0.2, 0) is 0 Å². The van der Waals surface area contributed by atoms with Crippen LogP contribution in [0.4, 0.5) is 18.9 Å². The van der Waals surface area contributed by atoms with E-state index in [-0.39, 0.29) is 17.8 Å². The number of hydrogen-bond donors (Lipinski definition) is 1. The Balaban J connectivity index is 2.99. The van der Waals surface area contributed by atoms with Crippen LogP contribution in [0.25, 0.3) is 0 Å². The highest BCUT2D eigenvalue weighted by Crippen LogP contribution is 2.21. The van der Waals surface area contributed by atoms with Gasteiger partial charge in [0.1, 0.15) is 6.54 Å². The van der Waals surface area contributed by atoms with Crippen molar-refractivity contribution >= 4 is 11.6 Å². The Morgan fingerprint density at radius 2 is 2.00 bits per heavy atom. The van der Waals surface area contributed by atoms with Gasteiger partial charge in [0.05, 0.1) is 5.56 Å². The Hall–Kier alpha value is -1.72. The van der Waals surface area contributed by atoms with Crippen LogP contribution in [-0.4, -0.2) is 30.1 Å². The number of amides is 1. The van der Waals surface area contributed by atoms with Gasteiger partial charge in [-0.15, -0.1) is 0 Å². The van der Waals surface area contributed by atoms with Crippen molar-refractivity contribution in [2.75, 3.05) is 18.8 Å². The molecule has 1 rings (SSSR count). The van der Waals surface area contributed by atoms with Gasteiger partial charge in [-0.2, -0.15) is 13.2 Å². The van der Waals surface area contributed by atoms with E-state index in [2.05, 4.69) is 0 Å².